The fraction of sp³-hybridized carbons (Fsp3) is 0.231. The van der Waals surface area contributed by atoms with Crippen LogP contribution in [0.4, 0.5) is 4.39 Å². The molecule has 0 saturated heterocycles. The Morgan fingerprint density at radius 3 is 2.76 bits per heavy atom. The molecular weight excluding hydrogens is 337 g/mol. The molecule has 0 radical (unpaired) electrons. The minimum atomic E-state index is -4.10. The van der Waals surface area contributed by atoms with Crippen molar-refractivity contribution in [1.82, 2.24) is 4.72 Å². The van der Waals surface area contributed by atoms with Gasteiger partial charge >= 0.3 is 0 Å². The zero-order valence-electron chi connectivity index (χ0n) is 11.0. The largest absolute Gasteiger partial charge is 0.384 e. The van der Waals surface area contributed by atoms with E-state index in [4.69, 9.17) is 11.6 Å². The van der Waals surface area contributed by atoms with Crippen LogP contribution in [0.15, 0.2) is 39.9 Å². The maximum atomic E-state index is 13.8. The molecule has 2 rings (SSSR count). The van der Waals surface area contributed by atoms with E-state index in [9.17, 15) is 17.9 Å². The molecule has 0 fully saturated rings. The van der Waals surface area contributed by atoms with Gasteiger partial charge in [0.1, 0.15) is 10.5 Å². The number of aliphatic hydroxyl groups is 1. The fourth-order valence-electron chi connectivity index (χ4n) is 1.68. The number of nitrogens with one attached hydrogen (secondary N) is 1. The zero-order chi connectivity index (χ0) is 15.7. The Morgan fingerprint density at radius 1 is 1.43 bits per heavy atom. The summed E-state index contributed by atoms with van der Waals surface area (Å²) in [5.41, 5.74) is -0.802. The molecular formula is C13H13ClFNO3S2. The molecule has 1 aromatic carbocycles. The quantitative estimate of drug-likeness (QED) is 0.872. The maximum absolute atomic E-state index is 13.8. The Morgan fingerprint density at radius 2 is 2.14 bits per heavy atom. The Kier molecular flexibility index (Phi) is 4.69. The van der Waals surface area contributed by atoms with Crippen molar-refractivity contribution in [3.63, 3.8) is 0 Å². The van der Waals surface area contributed by atoms with Crippen LogP contribution in [0.25, 0.3) is 0 Å². The molecule has 4 nitrogen and oxygen atoms in total. The third-order valence-corrected chi connectivity index (χ3v) is 5.35. The molecule has 21 heavy (non-hydrogen) atoms. The predicted molar refractivity (Wildman–Crippen MR) is 80.5 cm³/mol. The summed E-state index contributed by atoms with van der Waals surface area (Å²) >= 11 is 6.96. The van der Waals surface area contributed by atoms with E-state index in [0.29, 0.717) is 5.56 Å². The summed E-state index contributed by atoms with van der Waals surface area (Å²) in [5.74, 6) is -1.01. The van der Waals surface area contributed by atoms with Crippen molar-refractivity contribution in [2.24, 2.45) is 0 Å². The molecule has 1 aromatic heterocycles. The summed E-state index contributed by atoms with van der Waals surface area (Å²) in [7, 11) is -4.10. The maximum Gasteiger partial charge on any atom is 0.243 e. The number of sulfonamides is 1. The number of benzene rings is 1. The minimum absolute atomic E-state index is 0.275. The van der Waals surface area contributed by atoms with Gasteiger partial charge < -0.3 is 5.11 Å². The van der Waals surface area contributed by atoms with Crippen molar-refractivity contribution < 1.29 is 17.9 Å². The third kappa shape index (κ3) is 3.61. The number of hydrogen-bond donors (Lipinski definition) is 2. The molecule has 0 saturated carbocycles. The van der Waals surface area contributed by atoms with Crippen LogP contribution >= 0.6 is 22.9 Å². The van der Waals surface area contributed by atoms with Gasteiger partial charge in [-0.2, -0.15) is 11.3 Å². The van der Waals surface area contributed by atoms with Gasteiger partial charge in [0.05, 0.1) is 5.02 Å². The number of thiophene rings is 1. The van der Waals surface area contributed by atoms with Gasteiger partial charge in [-0.3, -0.25) is 0 Å². The van der Waals surface area contributed by atoms with E-state index in [-0.39, 0.29) is 11.6 Å². The van der Waals surface area contributed by atoms with Gasteiger partial charge in [-0.1, -0.05) is 17.7 Å². The average molecular weight is 350 g/mol. The molecule has 2 N–H and O–H groups in total. The van der Waals surface area contributed by atoms with Crippen molar-refractivity contribution >= 4 is 33.0 Å². The molecule has 1 heterocycles. The molecule has 1 unspecified atom stereocenters. The van der Waals surface area contributed by atoms with Gasteiger partial charge in [0.2, 0.25) is 10.0 Å². The van der Waals surface area contributed by atoms with E-state index in [2.05, 4.69) is 4.72 Å². The lowest BCUT2D eigenvalue weighted by atomic mass is 10.0. The van der Waals surface area contributed by atoms with Crippen molar-refractivity contribution in [2.45, 2.75) is 17.4 Å². The first kappa shape index (κ1) is 16.4. The monoisotopic (exact) mass is 349 g/mol. The number of rotatable bonds is 5. The highest BCUT2D eigenvalue weighted by Gasteiger charge is 2.28. The molecule has 0 aliphatic heterocycles. The van der Waals surface area contributed by atoms with E-state index in [1.54, 1.807) is 16.8 Å². The molecule has 8 heteroatoms. The predicted octanol–water partition coefficient (Wildman–Crippen LogP) is 2.73. The summed E-state index contributed by atoms with van der Waals surface area (Å²) in [6.45, 7) is 1.20. The van der Waals surface area contributed by atoms with E-state index in [0.717, 1.165) is 6.07 Å². The van der Waals surface area contributed by atoms with Crippen molar-refractivity contribution in [1.29, 1.82) is 0 Å². The van der Waals surface area contributed by atoms with Crippen LogP contribution in [-0.2, 0) is 15.6 Å². The molecule has 2 aromatic rings. The number of hydrogen-bond acceptors (Lipinski definition) is 4. The van der Waals surface area contributed by atoms with E-state index < -0.39 is 26.3 Å². The second-order valence-electron chi connectivity index (χ2n) is 4.66. The highest BCUT2D eigenvalue weighted by Crippen LogP contribution is 2.25. The van der Waals surface area contributed by atoms with Crippen LogP contribution in [-0.4, -0.2) is 20.1 Å². The van der Waals surface area contributed by atoms with Gasteiger partial charge in [-0.25, -0.2) is 17.5 Å². The van der Waals surface area contributed by atoms with Crippen LogP contribution in [0, 0.1) is 5.82 Å². The van der Waals surface area contributed by atoms with E-state index >= 15 is 0 Å². The average Bonchev–Trinajstić information content (AvgIpc) is 2.94. The van der Waals surface area contributed by atoms with Gasteiger partial charge in [0.15, 0.2) is 5.82 Å². The first-order valence-electron chi connectivity index (χ1n) is 5.93. The van der Waals surface area contributed by atoms with Crippen LogP contribution in [0.2, 0.25) is 5.02 Å². The van der Waals surface area contributed by atoms with Crippen molar-refractivity contribution in [3.05, 3.63) is 51.4 Å². The highest BCUT2D eigenvalue weighted by atomic mass is 35.5. The topological polar surface area (TPSA) is 66.4 Å². The molecule has 0 aliphatic rings. The first-order chi connectivity index (χ1) is 9.74. The van der Waals surface area contributed by atoms with Gasteiger partial charge in [0.25, 0.3) is 0 Å². The lowest BCUT2D eigenvalue weighted by Crippen LogP contribution is -2.38. The first-order valence-corrected chi connectivity index (χ1v) is 8.73. The van der Waals surface area contributed by atoms with Crippen molar-refractivity contribution in [2.75, 3.05) is 6.54 Å². The second kappa shape index (κ2) is 6.02. The van der Waals surface area contributed by atoms with E-state index in [1.807, 2.05) is 0 Å². The second-order valence-corrected chi connectivity index (χ2v) is 7.58. The Labute approximate surface area is 131 Å². The Bertz CT molecular complexity index is 730. The third-order valence-electron chi connectivity index (χ3n) is 2.96. The lowest BCUT2D eigenvalue weighted by molar-refractivity contribution is 0.0632. The van der Waals surface area contributed by atoms with Crippen molar-refractivity contribution in [3.8, 4) is 0 Å². The summed E-state index contributed by atoms with van der Waals surface area (Å²) in [6, 6.07) is 5.41. The molecule has 114 valence electrons. The minimum Gasteiger partial charge on any atom is -0.384 e. The summed E-state index contributed by atoms with van der Waals surface area (Å²) in [5, 5.41) is 13.5. The van der Waals surface area contributed by atoms with Crippen LogP contribution in [0.5, 0.6) is 0 Å². The Balaban J connectivity index is 2.21. The fourth-order valence-corrected chi connectivity index (χ4v) is 3.92. The van der Waals surface area contributed by atoms with Gasteiger partial charge in [0, 0.05) is 6.54 Å². The molecule has 0 amide bonds. The van der Waals surface area contributed by atoms with Gasteiger partial charge in [-0.05, 0) is 41.4 Å². The van der Waals surface area contributed by atoms with Crippen LogP contribution < -0.4 is 4.72 Å². The number of halogens is 2. The molecule has 0 bridgehead atoms. The SMILES string of the molecule is CC(O)(CNS(=O)(=O)c1cccc(Cl)c1F)c1ccsc1. The molecule has 0 aliphatic carbocycles. The van der Waals surface area contributed by atoms with Gasteiger partial charge in [-0.15, -0.1) is 0 Å². The lowest BCUT2D eigenvalue weighted by Gasteiger charge is -2.22. The Hall–Kier alpha value is -0.990. The highest BCUT2D eigenvalue weighted by molar-refractivity contribution is 7.89. The summed E-state index contributed by atoms with van der Waals surface area (Å²) in [4.78, 5) is -0.545. The summed E-state index contributed by atoms with van der Waals surface area (Å²) < 4.78 is 40.2. The standard InChI is InChI=1S/C13H13ClFNO3S2/c1-13(17,9-5-6-20-7-9)8-16-21(18,19)11-4-2-3-10(14)12(11)15/h2-7,16-17H,8H2,1H3. The molecule has 0 spiro atoms. The zero-order valence-corrected chi connectivity index (χ0v) is 13.4. The van der Waals surface area contributed by atoms with Crippen LogP contribution in [0.3, 0.4) is 0 Å². The van der Waals surface area contributed by atoms with E-state index in [1.165, 1.54) is 30.4 Å². The molecule has 1 atom stereocenters. The van der Waals surface area contributed by atoms with Crippen LogP contribution in [0.1, 0.15) is 12.5 Å². The normalized spacial score (nSPS) is 14.9. The summed E-state index contributed by atoms with van der Waals surface area (Å²) in [6.07, 6.45) is 0. The smallest absolute Gasteiger partial charge is 0.243 e.